The van der Waals surface area contributed by atoms with Gasteiger partial charge in [0.1, 0.15) is 56.4 Å². The first-order valence-corrected chi connectivity index (χ1v) is 20.3. The Kier molecular flexibility index (Phi) is 14.1. The van der Waals surface area contributed by atoms with Gasteiger partial charge in [0.15, 0.2) is 0 Å². The molecule has 0 radical (unpaired) electrons. The van der Waals surface area contributed by atoms with E-state index in [-0.39, 0.29) is 50.0 Å². The summed E-state index contributed by atoms with van der Waals surface area (Å²) in [5, 5.41) is 5.49. The van der Waals surface area contributed by atoms with Crippen molar-refractivity contribution < 1.29 is 38.1 Å². The highest BCUT2D eigenvalue weighted by Gasteiger charge is 2.43. The molecule has 1 unspecified atom stereocenters. The average molecular weight is 870 g/mol. The van der Waals surface area contributed by atoms with Crippen LogP contribution in [-0.2, 0) is 19.1 Å². The smallest absolute Gasteiger partial charge is 0.421 e. The topological polar surface area (TPSA) is 168 Å². The van der Waals surface area contributed by atoms with Gasteiger partial charge < -0.3 is 39.4 Å². The Morgan fingerprint density at radius 3 is 2.12 bits per heavy atom. The summed E-state index contributed by atoms with van der Waals surface area (Å²) in [6, 6.07) is 8.29. The number of nitrogens with one attached hydrogen (secondary N) is 2. The van der Waals surface area contributed by atoms with Crippen LogP contribution in [-0.4, -0.2) is 104 Å². The lowest BCUT2D eigenvalue weighted by Gasteiger charge is -2.30. The number of carbonyl (C=O) groups excluding carboxylic acids is 4. The normalized spacial score (nSPS) is 16.6. The molecule has 4 amide bonds. The molecule has 0 saturated carbocycles. The summed E-state index contributed by atoms with van der Waals surface area (Å²) in [6.07, 6.45) is 2.62. The second-order valence-electron chi connectivity index (χ2n) is 16.6. The fourth-order valence-corrected chi connectivity index (χ4v) is 7.78. The van der Waals surface area contributed by atoms with E-state index in [4.69, 9.17) is 42.1 Å². The van der Waals surface area contributed by atoms with E-state index >= 15 is 0 Å². The summed E-state index contributed by atoms with van der Waals surface area (Å²) < 4.78 is 22.2. The standard InChI is InChI=1S/C42H54Cl2N8O8/c1-11-33(53)48-27-19-26(50-18-16-42(24-50)15-17-49(12-2)23-42)13-14-28(27)51(38(55)59-40(3,4)5)32-21-31(46-25-47-32)45-22-34(54)52(39(56)60-41(6,7)8)37-35(43)29(57-9)20-30(58-10)36(37)44/h11,13-14,19-21,25H,1,12,15-18,22-24H2,2-10H3,(H,48,53)(H,45,46,47). The monoisotopic (exact) mass is 868 g/mol. The highest BCUT2D eigenvalue weighted by molar-refractivity contribution is 6.43. The highest BCUT2D eigenvalue weighted by Crippen LogP contribution is 2.47. The molecule has 0 bridgehead atoms. The Balaban J connectivity index is 1.51. The van der Waals surface area contributed by atoms with Crippen LogP contribution >= 0.6 is 23.2 Å². The first-order chi connectivity index (χ1) is 28.2. The molecule has 2 fully saturated rings. The van der Waals surface area contributed by atoms with E-state index < -0.39 is 41.7 Å². The van der Waals surface area contributed by atoms with E-state index in [1.54, 1.807) is 47.6 Å². The van der Waals surface area contributed by atoms with Crippen molar-refractivity contribution in [2.75, 3.05) is 78.8 Å². The van der Waals surface area contributed by atoms with E-state index in [9.17, 15) is 19.2 Å². The molecule has 5 rings (SSSR count). The van der Waals surface area contributed by atoms with Crippen LogP contribution in [0.1, 0.15) is 61.3 Å². The Hall–Kier alpha value is -5.32. The maximum absolute atomic E-state index is 14.1. The van der Waals surface area contributed by atoms with Crippen molar-refractivity contribution in [1.29, 1.82) is 0 Å². The molecule has 16 nitrogen and oxygen atoms in total. The van der Waals surface area contributed by atoms with Gasteiger partial charge in [-0.1, -0.05) is 36.7 Å². The van der Waals surface area contributed by atoms with E-state index in [0.717, 1.165) is 57.3 Å². The zero-order valence-electron chi connectivity index (χ0n) is 35.6. The van der Waals surface area contributed by atoms with Crippen LogP contribution in [0.5, 0.6) is 11.5 Å². The van der Waals surface area contributed by atoms with Crippen LogP contribution < -0.4 is 34.8 Å². The van der Waals surface area contributed by atoms with Gasteiger partial charge in [0.2, 0.25) is 5.91 Å². The molecule has 0 aliphatic carbocycles. The zero-order valence-corrected chi connectivity index (χ0v) is 37.1. The van der Waals surface area contributed by atoms with Gasteiger partial charge in [0.25, 0.3) is 5.91 Å². The van der Waals surface area contributed by atoms with Gasteiger partial charge in [-0.15, -0.1) is 0 Å². The van der Waals surface area contributed by atoms with Crippen molar-refractivity contribution in [2.24, 2.45) is 5.41 Å². The fourth-order valence-electron chi connectivity index (χ4n) is 7.11. The second kappa shape index (κ2) is 18.5. The number of ether oxygens (including phenoxy) is 4. The van der Waals surface area contributed by atoms with Crippen LogP contribution in [0.2, 0.25) is 10.0 Å². The van der Waals surface area contributed by atoms with Gasteiger partial charge in [-0.05, 0) is 91.7 Å². The lowest BCUT2D eigenvalue weighted by molar-refractivity contribution is -0.116. The number of imide groups is 1. The molecule has 2 aliphatic heterocycles. The van der Waals surface area contributed by atoms with E-state index in [2.05, 4.69) is 43.9 Å². The summed E-state index contributed by atoms with van der Waals surface area (Å²) in [6.45, 7) is 20.2. The summed E-state index contributed by atoms with van der Waals surface area (Å²) in [5.41, 5.74) is -0.523. The molecular weight excluding hydrogens is 815 g/mol. The number of benzene rings is 2. The Labute approximate surface area is 361 Å². The molecule has 1 atom stereocenters. The van der Waals surface area contributed by atoms with E-state index in [1.165, 1.54) is 37.6 Å². The number of rotatable bonds is 12. The predicted octanol–water partition coefficient (Wildman–Crippen LogP) is 8.30. The summed E-state index contributed by atoms with van der Waals surface area (Å²) >= 11 is 13.3. The number of halogens is 2. The number of likely N-dealkylation sites (tertiary alicyclic amines) is 1. The third-order valence-corrected chi connectivity index (χ3v) is 10.6. The molecule has 2 aromatic carbocycles. The minimum atomic E-state index is -1.07. The van der Waals surface area contributed by atoms with Crippen LogP contribution in [0.15, 0.2) is 49.3 Å². The lowest BCUT2D eigenvalue weighted by Crippen LogP contribution is -2.44. The van der Waals surface area contributed by atoms with Crippen LogP contribution in [0.4, 0.5) is 44.0 Å². The number of hydrogen-bond donors (Lipinski definition) is 2. The Bertz CT molecular complexity index is 2100. The minimum absolute atomic E-state index is 0.0365. The highest BCUT2D eigenvalue weighted by atomic mass is 35.5. The van der Waals surface area contributed by atoms with Gasteiger partial charge in [0, 0.05) is 42.9 Å². The van der Waals surface area contributed by atoms with Crippen molar-refractivity contribution in [3.8, 4) is 11.5 Å². The SMILES string of the molecule is C=CC(=O)Nc1cc(N2CCC3(CCN(CC)C3)C2)ccc1N(C(=O)OC(C)(C)C)c1cc(NCC(=O)N(C(=O)OC(C)(C)C)c2c(Cl)c(OC)cc(OC)c2Cl)ncn1. The van der Waals surface area contributed by atoms with Crippen molar-refractivity contribution in [3.05, 3.63) is 59.4 Å². The summed E-state index contributed by atoms with van der Waals surface area (Å²) in [4.78, 5) is 70.1. The molecule has 18 heteroatoms. The van der Waals surface area contributed by atoms with Crippen LogP contribution in [0.25, 0.3) is 0 Å². The molecule has 1 aromatic heterocycles. The Morgan fingerprint density at radius 2 is 1.53 bits per heavy atom. The molecule has 3 heterocycles. The number of aromatic nitrogens is 2. The second-order valence-corrected chi connectivity index (χ2v) is 17.3. The van der Waals surface area contributed by atoms with Gasteiger partial charge in [-0.2, -0.15) is 0 Å². The molecule has 2 N–H and O–H groups in total. The molecule has 324 valence electrons. The maximum Gasteiger partial charge on any atom is 0.421 e. The molecule has 3 aromatic rings. The quantitative estimate of drug-likeness (QED) is 0.167. The van der Waals surface area contributed by atoms with Crippen molar-refractivity contribution >= 4 is 81.6 Å². The van der Waals surface area contributed by atoms with Crippen molar-refractivity contribution in [2.45, 2.75) is 72.5 Å². The third-order valence-electron chi connectivity index (χ3n) is 9.91. The number of nitrogens with zero attached hydrogens (tertiary/aromatic N) is 6. The number of amides is 4. The molecule has 60 heavy (non-hydrogen) atoms. The number of anilines is 6. The van der Waals surface area contributed by atoms with Gasteiger partial charge in [0.05, 0.1) is 32.1 Å². The minimum Gasteiger partial charge on any atom is -0.495 e. The molecule has 2 saturated heterocycles. The van der Waals surface area contributed by atoms with E-state index in [1.807, 2.05) is 12.1 Å². The van der Waals surface area contributed by atoms with Gasteiger partial charge in [-0.25, -0.2) is 29.4 Å². The number of methoxy groups -OCH3 is 2. The Morgan fingerprint density at radius 1 is 0.900 bits per heavy atom. The van der Waals surface area contributed by atoms with Crippen molar-refractivity contribution in [3.63, 3.8) is 0 Å². The first-order valence-electron chi connectivity index (χ1n) is 19.5. The number of hydrogen-bond acceptors (Lipinski definition) is 13. The largest absolute Gasteiger partial charge is 0.495 e. The van der Waals surface area contributed by atoms with E-state index in [0.29, 0.717) is 10.6 Å². The zero-order chi connectivity index (χ0) is 44.2. The van der Waals surface area contributed by atoms with Gasteiger partial charge in [-0.3, -0.25) is 9.59 Å². The summed E-state index contributed by atoms with van der Waals surface area (Å²) in [7, 11) is 2.71. The number of carbonyl (C=O) groups is 4. The van der Waals surface area contributed by atoms with Crippen molar-refractivity contribution in [1.82, 2.24) is 14.9 Å². The summed E-state index contributed by atoms with van der Waals surface area (Å²) in [5.74, 6) is -1.04. The molecule has 2 aliphatic rings. The molecular formula is C42H54Cl2N8O8. The fraction of sp³-hybridized carbons (Fsp3) is 0.476. The third kappa shape index (κ3) is 10.7. The average Bonchev–Trinajstić information content (AvgIpc) is 3.80. The van der Waals surface area contributed by atoms with Gasteiger partial charge >= 0.3 is 12.2 Å². The molecule has 1 spiro atoms. The maximum atomic E-state index is 14.1. The lowest BCUT2D eigenvalue weighted by atomic mass is 9.86. The predicted molar refractivity (Wildman–Crippen MR) is 233 cm³/mol. The van der Waals surface area contributed by atoms with Crippen LogP contribution in [0.3, 0.4) is 0 Å². The van der Waals surface area contributed by atoms with Crippen LogP contribution in [0, 0.1) is 5.41 Å². The first kappa shape index (κ1) is 45.8.